The Hall–Kier alpha value is -2.06. The van der Waals surface area contributed by atoms with Crippen molar-refractivity contribution in [2.24, 2.45) is 5.16 Å². The molecule has 0 bridgehead atoms. The average Bonchev–Trinajstić information content (AvgIpc) is 3.20. The van der Waals surface area contributed by atoms with E-state index in [4.69, 9.17) is 14.1 Å². The summed E-state index contributed by atoms with van der Waals surface area (Å²) in [6.45, 7) is 4.06. The zero-order valence-corrected chi connectivity index (χ0v) is 17.2. The highest BCUT2D eigenvalue weighted by molar-refractivity contribution is 7.84. The molecule has 2 aliphatic rings. The Morgan fingerprint density at radius 2 is 2.21 bits per heavy atom. The van der Waals surface area contributed by atoms with E-state index in [0.29, 0.717) is 15.9 Å². The Morgan fingerprint density at radius 3 is 2.83 bits per heavy atom. The van der Waals surface area contributed by atoms with Crippen LogP contribution < -0.4 is 4.90 Å². The lowest BCUT2D eigenvalue weighted by atomic mass is 10.1. The Labute approximate surface area is 172 Å². The SMILES string of the molecule is O=C(C=NOCCCN1CCOCC1)N(c1cccs1)C1CN(S(=O)(=O)O)C1=O. The first-order valence-electron chi connectivity index (χ1n) is 8.99. The molecule has 160 valence electrons. The number of ether oxygens (including phenoxy) is 1. The molecule has 0 spiro atoms. The molecule has 0 saturated carbocycles. The van der Waals surface area contributed by atoms with Crippen LogP contribution in [-0.4, -0.2) is 92.2 Å². The van der Waals surface area contributed by atoms with Gasteiger partial charge in [0.25, 0.3) is 11.8 Å². The second-order valence-corrected chi connectivity index (χ2v) is 8.66. The number of carbonyl (C=O) groups excluding carboxylic acids is 2. The van der Waals surface area contributed by atoms with Crippen molar-refractivity contribution in [1.82, 2.24) is 9.21 Å². The van der Waals surface area contributed by atoms with E-state index < -0.39 is 28.2 Å². The summed E-state index contributed by atoms with van der Waals surface area (Å²) < 4.78 is 36.9. The number of oxime groups is 1. The molecule has 13 heteroatoms. The van der Waals surface area contributed by atoms with Gasteiger partial charge in [-0.1, -0.05) is 5.16 Å². The first-order chi connectivity index (χ1) is 13.9. The lowest BCUT2D eigenvalue weighted by Gasteiger charge is -2.40. The number of hydrogen-bond acceptors (Lipinski definition) is 9. The minimum Gasteiger partial charge on any atom is -0.396 e. The van der Waals surface area contributed by atoms with E-state index in [0.717, 1.165) is 50.4 Å². The molecule has 29 heavy (non-hydrogen) atoms. The maximum absolute atomic E-state index is 12.6. The maximum atomic E-state index is 12.6. The lowest BCUT2D eigenvalue weighted by molar-refractivity contribution is -0.137. The van der Waals surface area contributed by atoms with Crippen LogP contribution >= 0.6 is 11.3 Å². The van der Waals surface area contributed by atoms with Crippen LogP contribution in [0.15, 0.2) is 22.7 Å². The molecule has 0 radical (unpaired) electrons. The monoisotopic (exact) mass is 446 g/mol. The van der Waals surface area contributed by atoms with Gasteiger partial charge in [0.2, 0.25) is 0 Å². The Kier molecular flexibility index (Phi) is 7.18. The molecule has 11 nitrogen and oxygen atoms in total. The third kappa shape index (κ3) is 5.51. The fraction of sp³-hybridized carbons (Fsp3) is 0.562. The van der Waals surface area contributed by atoms with Crippen molar-refractivity contribution < 1.29 is 32.1 Å². The summed E-state index contributed by atoms with van der Waals surface area (Å²) in [6.07, 6.45) is 1.70. The van der Waals surface area contributed by atoms with Crippen LogP contribution in [0.5, 0.6) is 0 Å². The molecule has 1 unspecified atom stereocenters. The first-order valence-corrected chi connectivity index (χ1v) is 11.3. The third-order valence-corrected chi connectivity index (χ3v) is 6.25. The number of anilines is 1. The largest absolute Gasteiger partial charge is 0.396 e. The smallest absolute Gasteiger partial charge is 0.362 e. The Morgan fingerprint density at radius 1 is 1.45 bits per heavy atom. The topological polar surface area (TPSA) is 129 Å². The summed E-state index contributed by atoms with van der Waals surface area (Å²) in [5.41, 5.74) is 0. The quantitative estimate of drug-likeness (QED) is 0.182. The van der Waals surface area contributed by atoms with E-state index >= 15 is 0 Å². The summed E-state index contributed by atoms with van der Waals surface area (Å²) in [5, 5.41) is 5.85. The summed E-state index contributed by atoms with van der Waals surface area (Å²) in [5.74, 6) is -1.50. The average molecular weight is 447 g/mol. The molecule has 2 amide bonds. The van der Waals surface area contributed by atoms with Gasteiger partial charge in [0.1, 0.15) is 18.9 Å². The van der Waals surface area contributed by atoms with E-state index in [1.165, 1.54) is 11.3 Å². The highest BCUT2D eigenvalue weighted by Crippen LogP contribution is 2.29. The predicted octanol–water partition coefficient (Wildman–Crippen LogP) is -0.181. The Balaban J connectivity index is 1.51. The highest BCUT2D eigenvalue weighted by Gasteiger charge is 2.48. The zero-order chi connectivity index (χ0) is 20.9. The van der Waals surface area contributed by atoms with Crippen molar-refractivity contribution in [1.29, 1.82) is 0 Å². The van der Waals surface area contributed by atoms with E-state index in [1.54, 1.807) is 17.5 Å². The van der Waals surface area contributed by atoms with Gasteiger partial charge in [-0.2, -0.15) is 8.42 Å². The molecule has 1 aromatic rings. The summed E-state index contributed by atoms with van der Waals surface area (Å²) in [7, 11) is -4.63. The van der Waals surface area contributed by atoms with Gasteiger partial charge in [0, 0.05) is 19.6 Å². The molecule has 1 atom stereocenters. The van der Waals surface area contributed by atoms with E-state index in [-0.39, 0.29) is 6.54 Å². The normalized spacial score (nSPS) is 20.7. The fourth-order valence-electron chi connectivity index (χ4n) is 2.98. The van der Waals surface area contributed by atoms with Gasteiger partial charge >= 0.3 is 10.3 Å². The van der Waals surface area contributed by atoms with Gasteiger partial charge < -0.3 is 9.57 Å². The molecule has 2 fully saturated rings. The lowest BCUT2D eigenvalue weighted by Crippen LogP contribution is -2.66. The predicted molar refractivity (Wildman–Crippen MR) is 105 cm³/mol. The molecule has 1 aromatic heterocycles. The van der Waals surface area contributed by atoms with Crippen LogP contribution in [0.1, 0.15) is 6.42 Å². The minimum absolute atomic E-state index is 0.310. The minimum atomic E-state index is -4.63. The van der Waals surface area contributed by atoms with Gasteiger partial charge in [0.15, 0.2) is 0 Å². The molecule has 3 rings (SSSR count). The summed E-state index contributed by atoms with van der Waals surface area (Å²) in [6, 6.07) is 2.29. The second-order valence-electron chi connectivity index (χ2n) is 6.40. The maximum Gasteiger partial charge on any atom is 0.362 e. The number of rotatable bonds is 9. The van der Waals surface area contributed by atoms with Crippen LogP contribution in [0.4, 0.5) is 5.00 Å². The first kappa shape index (κ1) is 21.6. The molecular formula is C16H22N4O7S2. The van der Waals surface area contributed by atoms with E-state index in [9.17, 15) is 18.0 Å². The standard InChI is InChI=1S/C16H22N4O7S2/c21-14(11-17-27-7-2-4-18-5-8-26-9-6-18)20(15-3-1-10-28-15)13-12-19(16(13)22)29(23,24)25/h1,3,10-11,13H,2,4-9,12H2,(H,23,24,25). The van der Waals surface area contributed by atoms with Gasteiger partial charge in [-0.3, -0.25) is 23.9 Å². The van der Waals surface area contributed by atoms with Crippen molar-refractivity contribution in [3.05, 3.63) is 17.5 Å². The number of carbonyl (C=O) groups is 2. The van der Waals surface area contributed by atoms with E-state index in [1.807, 2.05) is 0 Å². The molecule has 1 N–H and O–H groups in total. The number of β-lactam (4-membered cyclic amide) rings is 1. The van der Waals surface area contributed by atoms with Crippen LogP contribution in [0, 0.1) is 0 Å². The molecule has 0 aliphatic carbocycles. The fourth-order valence-corrected chi connectivity index (χ4v) is 4.44. The van der Waals surface area contributed by atoms with Crippen molar-refractivity contribution in [2.75, 3.05) is 50.9 Å². The molecule has 3 heterocycles. The van der Waals surface area contributed by atoms with Gasteiger partial charge in [-0.05, 0) is 23.9 Å². The molecule has 2 aliphatic heterocycles. The number of hydrogen-bond donors (Lipinski definition) is 1. The van der Waals surface area contributed by atoms with Crippen molar-refractivity contribution in [3.63, 3.8) is 0 Å². The highest BCUT2D eigenvalue weighted by atomic mass is 32.2. The van der Waals surface area contributed by atoms with Crippen molar-refractivity contribution in [3.8, 4) is 0 Å². The number of nitrogens with zero attached hydrogens (tertiary/aromatic N) is 4. The van der Waals surface area contributed by atoms with E-state index in [2.05, 4.69) is 10.1 Å². The Bertz CT molecular complexity index is 837. The summed E-state index contributed by atoms with van der Waals surface area (Å²) in [4.78, 5) is 33.2. The number of thiophene rings is 1. The number of amides is 2. The van der Waals surface area contributed by atoms with Crippen LogP contribution in [0.3, 0.4) is 0 Å². The number of morpholine rings is 1. The molecule has 0 aromatic carbocycles. The third-order valence-electron chi connectivity index (χ3n) is 4.49. The van der Waals surface area contributed by atoms with Crippen LogP contribution in [0.25, 0.3) is 0 Å². The zero-order valence-electron chi connectivity index (χ0n) is 15.5. The summed E-state index contributed by atoms with van der Waals surface area (Å²) >= 11 is 1.22. The van der Waals surface area contributed by atoms with Gasteiger partial charge in [-0.25, -0.2) is 4.31 Å². The van der Waals surface area contributed by atoms with Gasteiger partial charge in [-0.15, -0.1) is 11.3 Å². The van der Waals surface area contributed by atoms with Crippen LogP contribution in [-0.2, 0) is 29.5 Å². The molecular weight excluding hydrogens is 424 g/mol. The van der Waals surface area contributed by atoms with Crippen molar-refractivity contribution in [2.45, 2.75) is 12.5 Å². The second kappa shape index (κ2) is 9.63. The molecule has 2 saturated heterocycles. The van der Waals surface area contributed by atoms with Crippen molar-refractivity contribution >= 4 is 44.7 Å². The van der Waals surface area contributed by atoms with Crippen LogP contribution in [0.2, 0.25) is 0 Å². The van der Waals surface area contributed by atoms with Gasteiger partial charge in [0.05, 0.1) is 24.8 Å².